The molecular formula is C17H14BrClN4O2S. The Morgan fingerprint density at radius 1 is 1.35 bits per heavy atom. The number of carbonyl (C=O) groups excluding carboxylic acids is 1. The number of aryl methyl sites for hydroxylation is 1. The van der Waals surface area contributed by atoms with Crippen LogP contribution in [0.2, 0.25) is 5.02 Å². The van der Waals surface area contributed by atoms with E-state index in [9.17, 15) is 9.90 Å². The van der Waals surface area contributed by atoms with Gasteiger partial charge in [-0.25, -0.2) is 4.98 Å². The Balaban J connectivity index is 1.61. The summed E-state index contributed by atoms with van der Waals surface area (Å²) in [6.45, 7) is 1.87. The van der Waals surface area contributed by atoms with Crippen LogP contribution in [0.15, 0.2) is 46.0 Å². The number of thioether (sulfide) groups is 1. The maximum Gasteiger partial charge on any atom is 0.234 e. The zero-order chi connectivity index (χ0) is 18.7. The number of anilines is 1. The van der Waals surface area contributed by atoms with Gasteiger partial charge in [-0.1, -0.05) is 39.3 Å². The van der Waals surface area contributed by atoms with Crippen molar-refractivity contribution in [3.63, 3.8) is 0 Å². The Kier molecular flexibility index (Phi) is 5.85. The quantitative estimate of drug-likeness (QED) is 0.490. The van der Waals surface area contributed by atoms with Crippen LogP contribution in [0.3, 0.4) is 0 Å². The molecule has 0 bridgehead atoms. The van der Waals surface area contributed by atoms with E-state index >= 15 is 0 Å². The van der Waals surface area contributed by atoms with Gasteiger partial charge >= 0.3 is 0 Å². The average Bonchev–Trinajstić information content (AvgIpc) is 3.07. The number of nitrogens with one attached hydrogen (secondary N) is 2. The molecule has 1 aromatic heterocycles. The van der Waals surface area contributed by atoms with Crippen molar-refractivity contribution in [2.24, 2.45) is 0 Å². The molecule has 2 aromatic carbocycles. The minimum atomic E-state index is -0.173. The monoisotopic (exact) mass is 452 g/mol. The fraction of sp³-hybridized carbons (Fsp3) is 0.118. The molecule has 0 aliphatic rings. The lowest BCUT2D eigenvalue weighted by atomic mass is 10.2. The Hall–Kier alpha value is -2.03. The molecule has 3 rings (SSSR count). The van der Waals surface area contributed by atoms with E-state index in [1.165, 1.54) is 11.8 Å². The lowest BCUT2D eigenvalue weighted by Crippen LogP contribution is -2.14. The lowest BCUT2D eigenvalue weighted by Gasteiger charge is -2.06. The fourth-order valence-electron chi connectivity index (χ4n) is 2.18. The van der Waals surface area contributed by atoms with Crippen LogP contribution < -0.4 is 5.32 Å². The van der Waals surface area contributed by atoms with Crippen LogP contribution in [0.5, 0.6) is 5.75 Å². The molecular weight excluding hydrogens is 440 g/mol. The Morgan fingerprint density at radius 3 is 2.92 bits per heavy atom. The summed E-state index contributed by atoms with van der Waals surface area (Å²) in [5.74, 6) is 0.508. The van der Waals surface area contributed by atoms with Gasteiger partial charge in [0.25, 0.3) is 0 Å². The summed E-state index contributed by atoms with van der Waals surface area (Å²) < 4.78 is 0.813. The van der Waals surface area contributed by atoms with Crippen LogP contribution in [0.1, 0.15) is 5.56 Å². The first-order chi connectivity index (χ1) is 12.4. The third-order valence-electron chi connectivity index (χ3n) is 3.45. The van der Waals surface area contributed by atoms with E-state index in [2.05, 4.69) is 36.4 Å². The molecule has 0 aliphatic heterocycles. The second-order valence-electron chi connectivity index (χ2n) is 5.43. The van der Waals surface area contributed by atoms with Crippen LogP contribution >= 0.6 is 39.3 Å². The number of aromatic nitrogens is 3. The van der Waals surface area contributed by atoms with Gasteiger partial charge in [-0.2, -0.15) is 0 Å². The summed E-state index contributed by atoms with van der Waals surface area (Å²) in [5.41, 5.74) is 2.11. The van der Waals surface area contributed by atoms with Gasteiger partial charge in [0.15, 0.2) is 5.82 Å². The van der Waals surface area contributed by atoms with Gasteiger partial charge < -0.3 is 10.4 Å². The number of rotatable bonds is 5. The molecule has 0 aliphatic carbocycles. The molecule has 0 radical (unpaired) electrons. The Bertz CT molecular complexity index is 964. The Morgan fingerprint density at radius 2 is 2.15 bits per heavy atom. The number of carbonyl (C=O) groups is 1. The molecule has 134 valence electrons. The van der Waals surface area contributed by atoms with Gasteiger partial charge in [0.1, 0.15) is 5.75 Å². The van der Waals surface area contributed by atoms with Crippen molar-refractivity contribution in [2.45, 2.75) is 12.1 Å². The minimum absolute atomic E-state index is 0.0942. The number of hydrogen-bond donors (Lipinski definition) is 3. The second-order valence-corrected chi connectivity index (χ2v) is 7.69. The Labute approximate surface area is 167 Å². The van der Waals surface area contributed by atoms with E-state index in [0.717, 1.165) is 10.0 Å². The van der Waals surface area contributed by atoms with Gasteiger partial charge in [0.05, 0.1) is 11.3 Å². The van der Waals surface area contributed by atoms with Gasteiger partial charge in [-0.05, 0) is 48.9 Å². The van der Waals surface area contributed by atoms with Crippen molar-refractivity contribution in [3.8, 4) is 17.1 Å². The molecule has 0 saturated carbocycles. The number of nitrogens with zero attached hydrogens (tertiary/aromatic N) is 2. The molecule has 1 heterocycles. The zero-order valence-corrected chi connectivity index (χ0v) is 16.7. The van der Waals surface area contributed by atoms with Crippen LogP contribution in [0.4, 0.5) is 5.69 Å². The first-order valence-corrected chi connectivity index (χ1v) is 9.68. The fourth-order valence-corrected chi connectivity index (χ4v) is 3.26. The van der Waals surface area contributed by atoms with E-state index in [-0.39, 0.29) is 17.4 Å². The molecule has 0 spiro atoms. The van der Waals surface area contributed by atoms with Crippen molar-refractivity contribution in [1.82, 2.24) is 15.2 Å². The van der Waals surface area contributed by atoms with Crippen LogP contribution in [-0.2, 0) is 4.79 Å². The highest BCUT2D eigenvalue weighted by Crippen LogP contribution is 2.30. The van der Waals surface area contributed by atoms with E-state index < -0.39 is 0 Å². The summed E-state index contributed by atoms with van der Waals surface area (Å²) in [5, 5.41) is 20.6. The molecule has 3 N–H and O–H groups in total. The van der Waals surface area contributed by atoms with Gasteiger partial charge in [0.2, 0.25) is 11.1 Å². The largest absolute Gasteiger partial charge is 0.507 e. The number of aromatic amines is 1. The van der Waals surface area contributed by atoms with Gasteiger partial charge in [-0.15, -0.1) is 5.10 Å². The highest BCUT2D eigenvalue weighted by atomic mass is 79.9. The van der Waals surface area contributed by atoms with Gasteiger partial charge in [0, 0.05) is 15.2 Å². The maximum absolute atomic E-state index is 12.1. The third kappa shape index (κ3) is 4.57. The molecule has 0 saturated heterocycles. The van der Waals surface area contributed by atoms with E-state index in [0.29, 0.717) is 27.3 Å². The highest BCUT2D eigenvalue weighted by molar-refractivity contribution is 9.10. The summed E-state index contributed by atoms with van der Waals surface area (Å²) >= 11 is 10.5. The number of phenolic OH excluding ortho intramolecular Hbond substituents is 1. The van der Waals surface area contributed by atoms with Gasteiger partial charge in [-0.3, -0.25) is 9.89 Å². The summed E-state index contributed by atoms with van der Waals surface area (Å²) in [6, 6.07) is 10.3. The second kappa shape index (κ2) is 8.11. The van der Waals surface area contributed by atoms with E-state index in [1.54, 1.807) is 30.3 Å². The normalized spacial score (nSPS) is 10.7. The molecule has 0 atom stereocenters. The summed E-state index contributed by atoms with van der Waals surface area (Å²) in [4.78, 5) is 16.4. The first-order valence-electron chi connectivity index (χ1n) is 7.52. The predicted molar refractivity (Wildman–Crippen MR) is 107 cm³/mol. The number of aromatic hydroxyl groups is 1. The third-order valence-corrected chi connectivity index (χ3v) is 5.22. The number of H-pyrrole nitrogens is 1. The van der Waals surface area contributed by atoms with Crippen molar-refractivity contribution in [2.75, 3.05) is 11.1 Å². The number of amides is 1. The zero-order valence-electron chi connectivity index (χ0n) is 13.6. The van der Waals surface area contributed by atoms with Crippen molar-refractivity contribution in [3.05, 3.63) is 51.5 Å². The molecule has 3 aromatic rings. The standard InChI is InChI=1S/C17H14BrClN4O2S/c1-9-6-11(3-4-13(9)19)20-15(25)8-26-17-21-16(22-23-17)12-7-10(18)2-5-14(12)24/h2-7,24H,8H2,1H3,(H,20,25)(H,21,22,23). The maximum atomic E-state index is 12.1. The minimum Gasteiger partial charge on any atom is -0.507 e. The van der Waals surface area contributed by atoms with Crippen LogP contribution in [-0.4, -0.2) is 31.9 Å². The smallest absolute Gasteiger partial charge is 0.234 e. The molecule has 6 nitrogen and oxygen atoms in total. The van der Waals surface area contributed by atoms with Crippen LogP contribution in [0.25, 0.3) is 11.4 Å². The molecule has 26 heavy (non-hydrogen) atoms. The molecule has 0 fully saturated rings. The number of phenols is 1. The lowest BCUT2D eigenvalue weighted by molar-refractivity contribution is -0.113. The number of benzene rings is 2. The number of hydrogen-bond acceptors (Lipinski definition) is 5. The summed E-state index contributed by atoms with van der Waals surface area (Å²) in [6.07, 6.45) is 0. The van der Waals surface area contributed by atoms with E-state index in [4.69, 9.17) is 11.6 Å². The van der Waals surface area contributed by atoms with Crippen molar-refractivity contribution in [1.29, 1.82) is 0 Å². The SMILES string of the molecule is Cc1cc(NC(=O)CSc2n[nH]c(-c3cc(Br)ccc3O)n2)ccc1Cl. The molecule has 1 amide bonds. The van der Waals surface area contributed by atoms with Crippen LogP contribution in [0, 0.1) is 6.92 Å². The van der Waals surface area contributed by atoms with Crippen molar-refractivity contribution < 1.29 is 9.90 Å². The first kappa shape index (κ1) is 18.8. The highest BCUT2D eigenvalue weighted by Gasteiger charge is 2.12. The van der Waals surface area contributed by atoms with E-state index in [1.807, 2.05) is 13.0 Å². The predicted octanol–water partition coefficient (Wildman–Crippen LogP) is 4.63. The molecule has 0 unspecified atom stereocenters. The molecule has 9 heteroatoms. The number of halogens is 2. The topological polar surface area (TPSA) is 90.9 Å². The average molecular weight is 454 g/mol. The summed E-state index contributed by atoms with van der Waals surface area (Å²) in [7, 11) is 0. The van der Waals surface area contributed by atoms with Crippen molar-refractivity contribution >= 4 is 50.9 Å².